The van der Waals surface area contributed by atoms with Gasteiger partial charge in [-0.3, -0.25) is 4.79 Å². The Labute approximate surface area is 181 Å². The number of benzene rings is 2. The minimum atomic E-state index is -3.67. The van der Waals surface area contributed by atoms with Crippen LogP contribution in [0.3, 0.4) is 0 Å². The molecule has 8 nitrogen and oxygen atoms in total. The van der Waals surface area contributed by atoms with Crippen molar-refractivity contribution >= 4 is 15.9 Å². The maximum Gasteiger partial charge on any atom is 0.274 e. The van der Waals surface area contributed by atoms with Gasteiger partial charge in [-0.25, -0.2) is 13.1 Å². The highest BCUT2D eigenvalue weighted by molar-refractivity contribution is 7.89. The van der Waals surface area contributed by atoms with Crippen LogP contribution in [0, 0.1) is 18.3 Å². The first-order chi connectivity index (χ1) is 14.9. The Morgan fingerprint density at radius 3 is 2.26 bits per heavy atom. The monoisotopic (exact) mass is 435 g/mol. The van der Waals surface area contributed by atoms with Crippen LogP contribution >= 0.6 is 0 Å². The van der Waals surface area contributed by atoms with Crippen molar-refractivity contribution in [3.63, 3.8) is 0 Å². The van der Waals surface area contributed by atoms with Gasteiger partial charge in [0.15, 0.2) is 5.69 Å². The van der Waals surface area contributed by atoms with E-state index < -0.39 is 10.0 Å². The molecule has 0 spiro atoms. The summed E-state index contributed by atoms with van der Waals surface area (Å²) in [5.41, 5.74) is 2.46. The minimum absolute atomic E-state index is 0.142. The summed E-state index contributed by atoms with van der Waals surface area (Å²) in [4.78, 5) is 14.7. The molecule has 0 aliphatic carbocycles. The second kappa shape index (κ2) is 8.34. The third-order valence-corrected chi connectivity index (χ3v) is 7.17. The molecular formula is C22H21N5O3S. The fourth-order valence-corrected chi connectivity index (χ4v) is 4.98. The van der Waals surface area contributed by atoms with Crippen LogP contribution in [0.1, 0.15) is 21.7 Å². The number of amides is 1. The number of hydrogen-bond acceptors (Lipinski definition) is 5. The van der Waals surface area contributed by atoms with Crippen LogP contribution in [0.15, 0.2) is 65.6 Å². The average molecular weight is 436 g/mol. The van der Waals surface area contributed by atoms with Crippen LogP contribution in [-0.2, 0) is 10.0 Å². The number of aryl methyl sites for hydroxylation is 1. The van der Waals surface area contributed by atoms with Gasteiger partial charge in [0.1, 0.15) is 0 Å². The Kier molecular flexibility index (Phi) is 5.59. The van der Waals surface area contributed by atoms with Gasteiger partial charge >= 0.3 is 0 Å². The fraction of sp³-hybridized carbons (Fsp3) is 0.227. The molecule has 1 aliphatic heterocycles. The first-order valence-electron chi connectivity index (χ1n) is 9.82. The fourth-order valence-electron chi connectivity index (χ4n) is 3.55. The summed E-state index contributed by atoms with van der Waals surface area (Å²) in [5.74, 6) is -0.215. The number of sulfonamides is 1. The van der Waals surface area contributed by atoms with Crippen molar-refractivity contribution in [3.8, 4) is 11.8 Å². The lowest BCUT2D eigenvalue weighted by molar-refractivity contribution is 0.0691. The van der Waals surface area contributed by atoms with Crippen LogP contribution < -0.4 is 0 Å². The molecular weight excluding hydrogens is 414 g/mol. The molecule has 2 heterocycles. The van der Waals surface area contributed by atoms with Crippen molar-refractivity contribution in [2.45, 2.75) is 11.8 Å². The molecule has 158 valence electrons. The molecule has 0 N–H and O–H groups in total. The molecule has 0 radical (unpaired) electrons. The van der Waals surface area contributed by atoms with Gasteiger partial charge < -0.3 is 4.90 Å². The van der Waals surface area contributed by atoms with Gasteiger partial charge in [-0.15, -0.1) is 0 Å². The van der Waals surface area contributed by atoms with Gasteiger partial charge in [-0.05, 0) is 49.4 Å². The second-order valence-corrected chi connectivity index (χ2v) is 9.19. The quantitative estimate of drug-likeness (QED) is 0.626. The van der Waals surface area contributed by atoms with E-state index in [2.05, 4.69) is 5.10 Å². The summed E-state index contributed by atoms with van der Waals surface area (Å²) in [5, 5.41) is 13.3. The zero-order valence-electron chi connectivity index (χ0n) is 17.0. The number of nitriles is 1. The van der Waals surface area contributed by atoms with Crippen LogP contribution in [0.5, 0.6) is 0 Å². The molecule has 9 heteroatoms. The Morgan fingerprint density at radius 2 is 1.65 bits per heavy atom. The number of nitrogens with zero attached hydrogens (tertiary/aromatic N) is 5. The molecule has 0 saturated carbocycles. The lowest BCUT2D eigenvalue weighted by Gasteiger charge is -2.33. The van der Waals surface area contributed by atoms with Crippen LogP contribution in [0.4, 0.5) is 0 Å². The minimum Gasteiger partial charge on any atom is -0.335 e. The molecule has 2 aromatic carbocycles. The van der Waals surface area contributed by atoms with Crippen LogP contribution in [0.25, 0.3) is 5.69 Å². The number of piperazine rings is 1. The van der Waals surface area contributed by atoms with E-state index in [0.717, 1.165) is 11.4 Å². The first-order valence-corrected chi connectivity index (χ1v) is 11.3. The lowest BCUT2D eigenvalue weighted by atomic mass is 10.2. The molecule has 0 unspecified atom stereocenters. The summed E-state index contributed by atoms with van der Waals surface area (Å²) >= 11 is 0. The van der Waals surface area contributed by atoms with E-state index in [4.69, 9.17) is 5.26 Å². The van der Waals surface area contributed by atoms with Crippen molar-refractivity contribution in [1.82, 2.24) is 19.0 Å². The number of rotatable bonds is 4. The molecule has 1 aromatic heterocycles. The topological polar surface area (TPSA) is 99.3 Å². The van der Waals surface area contributed by atoms with E-state index in [1.54, 1.807) is 15.6 Å². The highest BCUT2D eigenvalue weighted by atomic mass is 32.2. The number of aromatic nitrogens is 2. The standard InChI is InChI=1S/C22H21N5O3S/c1-17-15-21(24-27(17)19-5-3-2-4-6-19)22(28)25-11-13-26(14-12-25)31(29,30)20-9-7-18(16-23)8-10-20/h2-10,15H,11-14H2,1H3. The maximum atomic E-state index is 12.9. The largest absolute Gasteiger partial charge is 0.335 e. The molecule has 1 amide bonds. The zero-order chi connectivity index (χ0) is 22.0. The highest BCUT2D eigenvalue weighted by Crippen LogP contribution is 2.20. The molecule has 3 aromatic rings. The third-order valence-electron chi connectivity index (χ3n) is 5.25. The molecule has 0 atom stereocenters. The predicted octanol–water partition coefficient (Wildman–Crippen LogP) is 2.20. The average Bonchev–Trinajstić information content (AvgIpc) is 3.21. The van der Waals surface area contributed by atoms with E-state index in [1.807, 2.05) is 43.3 Å². The normalized spacial score (nSPS) is 14.9. The van der Waals surface area contributed by atoms with Gasteiger partial charge in [-0.2, -0.15) is 14.7 Å². The predicted molar refractivity (Wildman–Crippen MR) is 114 cm³/mol. The van der Waals surface area contributed by atoms with Crippen LogP contribution in [-0.4, -0.2) is 59.5 Å². The van der Waals surface area contributed by atoms with Crippen molar-refractivity contribution in [3.05, 3.63) is 77.6 Å². The summed E-state index contributed by atoms with van der Waals surface area (Å²) in [7, 11) is -3.67. The highest BCUT2D eigenvalue weighted by Gasteiger charge is 2.31. The van der Waals surface area contributed by atoms with Gasteiger partial charge in [0.2, 0.25) is 10.0 Å². The zero-order valence-corrected chi connectivity index (χ0v) is 17.8. The molecule has 1 saturated heterocycles. The van der Waals surface area contributed by atoms with Gasteiger partial charge in [0.05, 0.1) is 22.2 Å². The number of para-hydroxylation sites is 1. The Morgan fingerprint density at radius 1 is 1.00 bits per heavy atom. The summed E-state index contributed by atoms with van der Waals surface area (Å²) in [6.07, 6.45) is 0. The summed E-state index contributed by atoms with van der Waals surface area (Å²) in [6.45, 7) is 2.86. The lowest BCUT2D eigenvalue weighted by Crippen LogP contribution is -2.50. The van der Waals surface area contributed by atoms with Crippen molar-refractivity contribution in [2.75, 3.05) is 26.2 Å². The van der Waals surface area contributed by atoms with Crippen molar-refractivity contribution in [2.24, 2.45) is 0 Å². The first kappa shape index (κ1) is 20.8. The molecule has 0 bridgehead atoms. The number of carbonyl (C=O) groups excluding carboxylic acids is 1. The molecule has 1 fully saturated rings. The number of hydrogen-bond donors (Lipinski definition) is 0. The van der Waals surface area contributed by atoms with E-state index >= 15 is 0 Å². The Balaban J connectivity index is 1.45. The Hall–Kier alpha value is -3.48. The van der Waals surface area contributed by atoms with Crippen LogP contribution in [0.2, 0.25) is 0 Å². The summed E-state index contributed by atoms with van der Waals surface area (Å²) in [6, 6.07) is 19.1. The van der Waals surface area contributed by atoms with Gasteiger partial charge in [0, 0.05) is 31.9 Å². The number of carbonyl (C=O) groups is 1. The molecule has 1 aliphatic rings. The van der Waals surface area contributed by atoms with Crippen molar-refractivity contribution in [1.29, 1.82) is 5.26 Å². The van der Waals surface area contributed by atoms with Gasteiger partial charge in [-0.1, -0.05) is 18.2 Å². The second-order valence-electron chi connectivity index (χ2n) is 7.25. The SMILES string of the molecule is Cc1cc(C(=O)N2CCN(S(=O)(=O)c3ccc(C#N)cc3)CC2)nn1-c1ccccc1. The van der Waals surface area contributed by atoms with E-state index in [9.17, 15) is 13.2 Å². The molecule has 4 rings (SSSR count). The third kappa shape index (κ3) is 4.08. The Bertz CT molecular complexity index is 1240. The summed E-state index contributed by atoms with van der Waals surface area (Å²) < 4.78 is 28.8. The van der Waals surface area contributed by atoms with E-state index in [0.29, 0.717) is 11.3 Å². The van der Waals surface area contributed by atoms with E-state index in [-0.39, 0.29) is 37.0 Å². The smallest absolute Gasteiger partial charge is 0.274 e. The van der Waals surface area contributed by atoms with Gasteiger partial charge in [0.25, 0.3) is 5.91 Å². The van der Waals surface area contributed by atoms with Crippen molar-refractivity contribution < 1.29 is 13.2 Å². The molecule has 31 heavy (non-hydrogen) atoms. The maximum absolute atomic E-state index is 12.9. The van der Waals surface area contributed by atoms with E-state index in [1.165, 1.54) is 28.6 Å².